The summed E-state index contributed by atoms with van der Waals surface area (Å²) in [6.45, 7) is 0.121. The van der Waals surface area contributed by atoms with Crippen LogP contribution in [0, 0.1) is 5.82 Å². The molecule has 1 saturated carbocycles. The highest BCUT2D eigenvalue weighted by atomic mass is 19.4. The summed E-state index contributed by atoms with van der Waals surface area (Å²) in [7, 11) is 0. The SMILES string of the molecule is O=C(O)c1cc(-c2nnc(N3[C@@H]4CC[C@H]3CC(OCc3c(-c5ccccc5OC(F)(F)F)noc3C3CC3)C4)o2)ccc1F. The number of ether oxygens (including phenoxy) is 2. The van der Waals surface area contributed by atoms with Gasteiger partial charge in [-0.05, 0) is 68.9 Å². The van der Waals surface area contributed by atoms with Crippen LogP contribution in [-0.2, 0) is 11.3 Å². The molecule has 3 fully saturated rings. The van der Waals surface area contributed by atoms with E-state index in [0.717, 1.165) is 37.8 Å². The zero-order valence-corrected chi connectivity index (χ0v) is 23.1. The van der Waals surface area contributed by atoms with Gasteiger partial charge in [-0.2, -0.15) is 0 Å². The summed E-state index contributed by atoms with van der Waals surface area (Å²) in [5.74, 6) is -1.74. The van der Waals surface area contributed by atoms with Crippen LogP contribution in [0.4, 0.5) is 23.6 Å². The van der Waals surface area contributed by atoms with Gasteiger partial charge in [-0.3, -0.25) is 0 Å². The van der Waals surface area contributed by atoms with Crippen LogP contribution >= 0.6 is 0 Å². The van der Waals surface area contributed by atoms with Gasteiger partial charge >= 0.3 is 18.3 Å². The van der Waals surface area contributed by atoms with Crippen LogP contribution in [0.1, 0.15) is 66.1 Å². The topological polar surface area (TPSA) is 124 Å². The van der Waals surface area contributed by atoms with E-state index in [-0.39, 0.29) is 53.6 Å². The first-order valence-electron chi connectivity index (χ1n) is 14.2. The summed E-state index contributed by atoms with van der Waals surface area (Å²) in [6, 6.07) is 9.82. The van der Waals surface area contributed by atoms with E-state index in [1.165, 1.54) is 24.3 Å². The van der Waals surface area contributed by atoms with Crippen molar-refractivity contribution < 1.29 is 45.9 Å². The van der Waals surface area contributed by atoms with Crippen molar-refractivity contribution in [1.82, 2.24) is 15.4 Å². The summed E-state index contributed by atoms with van der Waals surface area (Å²) in [5.41, 5.74) is 0.890. The molecule has 7 rings (SSSR count). The van der Waals surface area contributed by atoms with Crippen molar-refractivity contribution >= 4 is 12.0 Å². The number of para-hydroxylation sites is 1. The summed E-state index contributed by atoms with van der Waals surface area (Å²) < 4.78 is 75.4. The molecule has 1 aliphatic carbocycles. The first-order chi connectivity index (χ1) is 21.1. The van der Waals surface area contributed by atoms with Gasteiger partial charge in [-0.25, -0.2) is 9.18 Å². The second-order valence-electron chi connectivity index (χ2n) is 11.3. The fourth-order valence-electron chi connectivity index (χ4n) is 6.25. The van der Waals surface area contributed by atoms with Crippen LogP contribution in [0.2, 0.25) is 0 Å². The molecule has 10 nitrogen and oxygen atoms in total. The highest BCUT2D eigenvalue weighted by Crippen LogP contribution is 2.46. The van der Waals surface area contributed by atoms with E-state index in [1.807, 2.05) is 0 Å². The van der Waals surface area contributed by atoms with Gasteiger partial charge in [0.25, 0.3) is 0 Å². The number of carboxylic acid groups (broad SMARTS) is 1. The van der Waals surface area contributed by atoms with Gasteiger partial charge in [0, 0.05) is 34.7 Å². The highest BCUT2D eigenvalue weighted by Gasteiger charge is 2.44. The van der Waals surface area contributed by atoms with Crippen molar-refractivity contribution in [2.75, 3.05) is 4.90 Å². The molecule has 230 valence electrons. The Kier molecular flexibility index (Phi) is 7.03. The number of alkyl halides is 3. The molecule has 3 aliphatic rings. The zero-order chi connectivity index (χ0) is 30.6. The Hall–Kier alpha value is -4.46. The predicted molar refractivity (Wildman–Crippen MR) is 144 cm³/mol. The highest BCUT2D eigenvalue weighted by molar-refractivity contribution is 5.89. The summed E-state index contributed by atoms with van der Waals surface area (Å²) in [4.78, 5) is 13.4. The fraction of sp³-hybridized carbons (Fsp3) is 0.400. The lowest BCUT2D eigenvalue weighted by molar-refractivity contribution is -0.274. The minimum atomic E-state index is -4.86. The lowest BCUT2D eigenvalue weighted by Crippen LogP contribution is -2.45. The van der Waals surface area contributed by atoms with E-state index in [9.17, 15) is 27.5 Å². The molecule has 2 saturated heterocycles. The monoisotopic (exact) mass is 614 g/mol. The molecule has 0 spiro atoms. The molecule has 4 heterocycles. The Bertz CT molecular complexity index is 1690. The minimum Gasteiger partial charge on any atom is -0.478 e. The van der Waals surface area contributed by atoms with Crippen molar-refractivity contribution in [2.24, 2.45) is 0 Å². The van der Waals surface area contributed by atoms with Gasteiger partial charge in [0.1, 0.15) is 23.0 Å². The second kappa shape index (κ2) is 10.9. The van der Waals surface area contributed by atoms with Crippen molar-refractivity contribution in [3.8, 4) is 28.5 Å². The first kappa shape index (κ1) is 28.3. The second-order valence-corrected chi connectivity index (χ2v) is 11.3. The van der Waals surface area contributed by atoms with E-state index in [2.05, 4.69) is 25.0 Å². The van der Waals surface area contributed by atoms with E-state index in [1.54, 1.807) is 6.07 Å². The zero-order valence-electron chi connectivity index (χ0n) is 23.1. The van der Waals surface area contributed by atoms with Crippen molar-refractivity contribution in [3.63, 3.8) is 0 Å². The molecular formula is C30H26F4N4O6. The standard InChI is InChI=1S/C30H26F4N4O6/c31-23-10-7-16(11-21(23)28(39)40)27-35-36-29(42-27)38-17-8-9-18(38)13-19(12-17)41-14-22-25(37-44-26(22)15-5-6-15)20-3-1-2-4-24(20)43-30(32,33)34/h1-4,7,10-11,15,17-19H,5-6,8-9,12-14H2,(H,39,40)/t17-,18+,19?. The molecule has 14 heteroatoms. The van der Waals surface area contributed by atoms with E-state index in [4.69, 9.17) is 13.7 Å². The molecule has 3 atom stereocenters. The molecule has 44 heavy (non-hydrogen) atoms. The van der Waals surface area contributed by atoms with Crippen LogP contribution in [0.3, 0.4) is 0 Å². The number of aromatic carboxylic acids is 1. The van der Waals surface area contributed by atoms with Gasteiger partial charge in [0.15, 0.2) is 0 Å². The average Bonchev–Trinajstić information content (AvgIpc) is 3.44. The van der Waals surface area contributed by atoms with E-state index in [0.29, 0.717) is 35.7 Å². The first-order valence-corrected chi connectivity index (χ1v) is 14.2. The van der Waals surface area contributed by atoms with Gasteiger partial charge in [0.05, 0.1) is 18.3 Å². The molecule has 1 N–H and O–H groups in total. The van der Waals surface area contributed by atoms with Crippen molar-refractivity contribution in [1.29, 1.82) is 0 Å². The summed E-state index contributed by atoms with van der Waals surface area (Å²) in [6.07, 6.45) is -0.131. The molecule has 2 aromatic heterocycles. The molecule has 0 amide bonds. The van der Waals surface area contributed by atoms with Gasteiger partial charge < -0.3 is 28.4 Å². The molecule has 1 unspecified atom stereocenters. The Morgan fingerprint density at radius 2 is 1.80 bits per heavy atom. The lowest BCUT2D eigenvalue weighted by atomic mass is 9.99. The number of nitrogens with zero attached hydrogens (tertiary/aromatic N) is 4. The smallest absolute Gasteiger partial charge is 0.478 e. The van der Waals surface area contributed by atoms with Gasteiger partial charge in [0.2, 0.25) is 5.89 Å². The summed E-state index contributed by atoms with van der Waals surface area (Å²) in [5, 5.41) is 21.7. The van der Waals surface area contributed by atoms with Crippen LogP contribution in [-0.4, -0.2) is 51.0 Å². The maximum Gasteiger partial charge on any atom is 0.573 e. The molecule has 4 aromatic rings. The number of anilines is 1. The Morgan fingerprint density at radius 3 is 2.50 bits per heavy atom. The number of fused-ring (bicyclic) bond motifs is 2. The Labute approximate surface area is 247 Å². The average molecular weight is 615 g/mol. The number of piperidine rings is 1. The van der Waals surface area contributed by atoms with E-state index >= 15 is 0 Å². The third-order valence-corrected chi connectivity index (χ3v) is 8.37. The third kappa shape index (κ3) is 5.49. The van der Waals surface area contributed by atoms with Crippen molar-refractivity contribution in [3.05, 3.63) is 65.2 Å². The number of hydrogen-bond acceptors (Lipinski definition) is 9. The number of benzene rings is 2. The summed E-state index contributed by atoms with van der Waals surface area (Å²) >= 11 is 0. The largest absolute Gasteiger partial charge is 0.573 e. The molecular weight excluding hydrogens is 588 g/mol. The van der Waals surface area contributed by atoms with Gasteiger partial charge in [-0.15, -0.1) is 18.3 Å². The number of carboxylic acids is 1. The number of aromatic nitrogens is 3. The van der Waals surface area contributed by atoms with Crippen LogP contribution < -0.4 is 9.64 Å². The predicted octanol–water partition coefficient (Wildman–Crippen LogP) is 6.72. The Balaban J connectivity index is 1.07. The lowest BCUT2D eigenvalue weighted by Gasteiger charge is -2.37. The maximum atomic E-state index is 13.9. The van der Waals surface area contributed by atoms with E-state index < -0.39 is 23.7 Å². The number of hydrogen-bond donors (Lipinski definition) is 1. The van der Waals surface area contributed by atoms with Crippen LogP contribution in [0.15, 0.2) is 51.4 Å². The third-order valence-electron chi connectivity index (χ3n) is 8.37. The molecule has 2 aromatic carbocycles. The number of halogens is 4. The Morgan fingerprint density at radius 1 is 1.05 bits per heavy atom. The van der Waals surface area contributed by atoms with Gasteiger partial charge in [-0.1, -0.05) is 22.4 Å². The quantitative estimate of drug-likeness (QED) is 0.203. The van der Waals surface area contributed by atoms with Crippen molar-refractivity contribution in [2.45, 2.75) is 75.6 Å². The maximum absolute atomic E-state index is 13.9. The molecule has 2 bridgehead atoms. The number of rotatable bonds is 9. The minimum absolute atomic E-state index is 0.0422. The molecule has 0 radical (unpaired) electrons. The molecule has 2 aliphatic heterocycles. The number of carbonyl (C=O) groups is 1. The van der Waals surface area contributed by atoms with Crippen LogP contribution in [0.5, 0.6) is 5.75 Å². The normalized spacial score (nSPS) is 21.5. The van der Waals surface area contributed by atoms with Crippen LogP contribution in [0.25, 0.3) is 22.7 Å². The fourth-order valence-corrected chi connectivity index (χ4v) is 6.25.